The van der Waals surface area contributed by atoms with E-state index in [-0.39, 0.29) is 30.9 Å². The van der Waals surface area contributed by atoms with Gasteiger partial charge in [0.05, 0.1) is 6.04 Å². The number of carbonyl (C=O) groups is 2. The molecule has 25 heavy (non-hydrogen) atoms. The van der Waals surface area contributed by atoms with E-state index in [0.717, 1.165) is 11.3 Å². The van der Waals surface area contributed by atoms with Crippen molar-refractivity contribution < 1.29 is 14.3 Å². The van der Waals surface area contributed by atoms with Gasteiger partial charge in [-0.15, -0.1) is 0 Å². The summed E-state index contributed by atoms with van der Waals surface area (Å²) in [6, 6.07) is 14.3. The van der Waals surface area contributed by atoms with E-state index in [1.807, 2.05) is 31.2 Å². The van der Waals surface area contributed by atoms with Crippen molar-refractivity contribution >= 4 is 29.1 Å². The molecule has 130 valence electrons. The molecule has 1 fully saturated rings. The van der Waals surface area contributed by atoms with Crippen LogP contribution in [0.15, 0.2) is 48.5 Å². The molecular weight excluding hydrogens is 340 g/mol. The lowest BCUT2D eigenvalue weighted by molar-refractivity contribution is -0.123. The summed E-state index contributed by atoms with van der Waals surface area (Å²) in [5.41, 5.74) is 1.91. The van der Waals surface area contributed by atoms with Crippen molar-refractivity contribution in [1.29, 1.82) is 0 Å². The third kappa shape index (κ3) is 4.51. The maximum atomic E-state index is 12.2. The quantitative estimate of drug-likeness (QED) is 0.894. The van der Waals surface area contributed by atoms with Crippen LogP contribution >= 0.6 is 11.6 Å². The summed E-state index contributed by atoms with van der Waals surface area (Å²) in [7, 11) is 0. The van der Waals surface area contributed by atoms with Crippen LogP contribution in [0.4, 0.5) is 5.69 Å². The Labute approximate surface area is 151 Å². The standard InChI is InChI=1S/C19H19ClN2O3/c1-13-2-8-17(9-3-13)25-12-18(23)21-15-10-19(24)22(11-15)16-6-4-14(20)5-7-16/h2-9,15H,10-12H2,1H3,(H,21,23)/t15-/m1/s1. The van der Waals surface area contributed by atoms with Crippen LogP contribution in [0.25, 0.3) is 0 Å². The van der Waals surface area contributed by atoms with Crippen molar-refractivity contribution in [3.8, 4) is 5.75 Å². The summed E-state index contributed by atoms with van der Waals surface area (Å²) in [5, 5.41) is 3.47. The first-order valence-electron chi connectivity index (χ1n) is 8.06. The molecule has 1 aliphatic rings. The highest BCUT2D eigenvalue weighted by molar-refractivity contribution is 6.30. The smallest absolute Gasteiger partial charge is 0.258 e. The number of benzene rings is 2. The molecule has 1 saturated heterocycles. The third-order valence-corrected chi connectivity index (χ3v) is 4.27. The second kappa shape index (κ2) is 7.57. The normalized spacial score (nSPS) is 16.8. The summed E-state index contributed by atoms with van der Waals surface area (Å²) in [6.07, 6.45) is 0.277. The topological polar surface area (TPSA) is 58.6 Å². The number of hydrogen-bond acceptors (Lipinski definition) is 3. The van der Waals surface area contributed by atoms with Crippen LogP contribution in [0, 0.1) is 6.92 Å². The molecule has 3 rings (SSSR count). The van der Waals surface area contributed by atoms with Crippen LogP contribution in [-0.4, -0.2) is 31.0 Å². The van der Waals surface area contributed by atoms with Gasteiger partial charge < -0.3 is 15.0 Å². The first-order chi connectivity index (χ1) is 12.0. The van der Waals surface area contributed by atoms with Gasteiger partial charge in [-0.2, -0.15) is 0 Å². The summed E-state index contributed by atoms with van der Waals surface area (Å²) in [5.74, 6) is 0.384. The molecule has 0 aromatic heterocycles. The number of ether oxygens (including phenoxy) is 1. The van der Waals surface area contributed by atoms with Crippen LogP contribution in [-0.2, 0) is 9.59 Å². The highest BCUT2D eigenvalue weighted by Gasteiger charge is 2.31. The van der Waals surface area contributed by atoms with Crippen LogP contribution < -0.4 is 15.0 Å². The highest BCUT2D eigenvalue weighted by atomic mass is 35.5. The first kappa shape index (κ1) is 17.3. The Morgan fingerprint density at radius 2 is 1.88 bits per heavy atom. The Bertz CT molecular complexity index is 759. The summed E-state index contributed by atoms with van der Waals surface area (Å²) in [4.78, 5) is 25.9. The number of rotatable bonds is 5. The van der Waals surface area contributed by atoms with E-state index >= 15 is 0 Å². The molecule has 5 nitrogen and oxygen atoms in total. The fourth-order valence-electron chi connectivity index (χ4n) is 2.73. The number of halogens is 1. The van der Waals surface area contributed by atoms with Crippen LogP contribution in [0.5, 0.6) is 5.75 Å². The summed E-state index contributed by atoms with van der Waals surface area (Å²) < 4.78 is 5.46. The van der Waals surface area contributed by atoms with Gasteiger partial charge in [0.2, 0.25) is 5.91 Å². The van der Waals surface area contributed by atoms with Crippen molar-refractivity contribution in [3.63, 3.8) is 0 Å². The molecule has 1 N–H and O–H groups in total. The average Bonchev–Trinajstić information content (AvgIpc) is 2.95. The molecule has 0 aliphatic carbocycles. The molecule has 0 radical (unpaired) electrons. The minimum absolute atomic E-state index is 0.0212. The Morgan fingerprint density at radius 1 is 1.20 bits per heavy atom. The minimum atomic E-state index is -0.240. The van der Waals surface area contributed by atoms with E-state index < -0.39 is 0 Å². The van der Waals surface area contributed by atoms with Crippen molar-refractivity contribution in [2.24, 2.45) is 0 Å². The van der Waals surface area contributed by atoms with Gasteiger partial charge in [-0.3, -0.25) is 9.59 Å². The molecule has 0 unspecified atom stereocenters. The maximum Gasteiger partial charge on any atom is 0.258 e. The van der Waals surface area contributed by atoms with Gasteiger partial charge in [-0.1, -0.05) is 29.3 Å². The highest BCUT2D eigenvalue weighted by Crippen LogP contribution is 2.23. The van der Waals surface area contributed by atoms with Gasteiger partial charge in [0.1, 0.15) is 5.75 Å². The molecule has 0 spiro atoms. The SMILES string of the molecule is Cc1ccc(OCC(=O)N[C@@H]2CC(=O)N(c3ccc(Cl)cc3)C2)cc1. The van der Waals surface area contributed by atoms with Crippen LogP contribution in [0.1, 0.15) is 12.0 Å². The summed E-state index contributed by atoms with van der Waals surface area (Å²) in [6.45, 7) is 2.35. The summed E-state index contributed by atoms with van der Waals surface area (Å²) >= 11 is 5.87. The Morgan fingerprint density at radius 3 is 2.56 bits per heavy atom. The first-order valence-corrected chi connectivity index (χ1v) is 8.44. The van der Waals surface area contributed by atoms with Crippen LogP contribution in [0.2, 0.25) is 5.02 Å². The lowest BCUT2D eigenvalue weighted by Gasteiger charge is -2.17. The van der Waals surface area contributed by atoms with E-state index in [2.05, 4.69) is 5.32 Å². The van der Waals surface area contributed by atoms with Gasteiger partial charge >= 0.3 is 0 Å². The van der Waals surface area contributed by atoms with Gasteiger partial charge in [0.25, 0.3) is 5.91 Å². The van der Waals surface area contributed by atoms with Crippen LogP contribution in [0.3, 0.4) is 0 Å². The molecule has 2 aromatic rings. The average molecular weight is 359 g/mol. The van der Waals surface area contributed by atoms with Gasteiger partial charge in [0, 0.05) is 23.7 Å². The predicted octanol–water partition coefficient (Wildman–Crippen LogP) is 2.95. The molecule has 0 saturated carbocycles. The number of nitrogens with one attached hydrogen (secondary N) is 1. The fourth-order valence-corrected chi connectivity index (χ4v) is 2.85. The second-order valence-electron chi connectivity index (χ2n) is 6.05. The van der Waals surface area contributed by atoms with Gasteiger partial charge in [-0.25, -0.2) is 0 Å². The number of hydrogen-bond donors (Lipinski definition) is 1. The molecule has 2 amide bonds. The second-order valence-corrected chi connectivity index (χ2v) is 6.49. The molecule has 1 atom stereocenters. The largest absolute Gasteiger partial charge is 0.484 e. The van der Waals surface area contributed by atoms with E-state index in [9.17, 15) is 9.59 Å². The van der Waals surface area contributed by atoms with Gasteiger partial charge in [0.15, 0.2) is 6.61 Å². The molecular formula is C19H19ClN2O3. The zero-order valence-electron chi connectivity index (χ0n) is 13.9. The van der Waals surface area contributed by atoms with E-state index in [1.54, 1.807) is 29.2 Å². The van der Waals surface area contributed by atoms with Crippen molar-refractivity contribution in [1.82, 2.24) is 5.32 Å². The predicted molar refractivity (Wildman–Crippen MR) is 97.0 cm³/mol. The maximum absolute atomic E-state index is 12.2. The number of amides is 2. The van der Waals surface area contributed by atoms with Crippen molar-refractivity contribution in [2.45, 2.75) is 19.4 Å². The molecule has 0 bridgehead atoms. The van der Waals surface area contributed by atoms with Gasteiger partial charge in [-0.05, 0) is 43.3 Å². The Kier molecular flexibility index (Phi) is 5.24. The minimum Gasteiger partial charge on any atom is -0.484 e. The fraction of sp³-hybridized carbons (Fsp3) is 0.263. The number of anilines is 1. The molecule has 1 heterocycles. The lowest BCUT2D eigenvalue weighted by Crippen LogP contribution is -2.39. The lowest BCUT2D eigenvalue weighted by atomic mass is 10.2. The van der Waals surface area contributed by atoms with Crippen molar-refractivity contribution in [2.75, 3.05) is 18.1 Å². The third-order valence-electron chi connectivity index (χ3n) is 4.02. The molecule has 2 aromatic carbocycles. The Hall–Kier alpha value is -2.53. The number of aryl methyl sites for hydroxylation is 1. The molecule has 6 heteroatoms. The monoisotopic (exact) mass is 358 g/mol. The van der Waals surface area contributed by atoms with Crippen molar-refractivity contribution in [3.05, 3.63) is 59.1 Å². The zero-order chi connectivity index (χ0) is 17.8. The Balaban J connectivity index is 1.51. The van der Waals surface area contributed by atoms with E-state index in [1.165, 1.54) is 0 Å². The number of nitrogens with zero attached hydrogens (tertiary/aromatic N) is 1. The number of carbonyl (C=O) groups excluding carboxylic acids is 2. The van der Waals surface area contributed by atoms with E-state index in [0.29, 0.717) is 17.3 Å². The van der Waals surface area contributed by atoms with E-state index in [4.69, 9.17) is 16.3 Å². The molecule has 1 aliphatic heterocycles. The zero-order valence-corrected chi connectivity index (χ0v) is 14.6.